The van der Waals surface area contributed by atoms with E-state index in [1.54, 1.807) is 0 Å². The van der Waals surface area contributed by atoms with Crippen LogP contribution >= 0.6 is 0 Å². The van der Waals surface area contributed by atoms with E-state index in [4.69, 9.17) is 0 Å². The fraction of sp³-hybridized carbons (Fsp3) is 0.857. The summed E-state index contributed by atoms with van der Waals surface area (Å²) < 4.78 is 0. The van der Waals surface area contributed by atoms with Crippen molar-refractivity contribution in [3.63, 3.8) is 0 Å². The van der Waals surface area contributed by atoms with Gasteiger partial charge in [-0.15, -0.1) is 0 Å². The van der Waals surface area contributed by atoms with E-state index in [9.17, 15) is 15.0 Å². The first-order chi connectivity index (χ1) is 11.2. The van der Waals surface area contributed by atoms with Crippen LogP contribution in [0.2, 0.25) is 0 Å². The van der Waals surface area contributed by atoms with E-state index < -0.39 is 5.97 Å². The molecule has 0 aromatic carbocycles. The van der Waals surface area contributed by atoms with Crippen molar-refractivity contribution in [2.24, 2.45) is 39.9 Å². The van der Waals surface area contributed by atoms with E-state index in [1.165, 1.54) is 32.1 Å². The highest BCUT2D eigenvalue weighted by Gasteiger charge is 2.64. The molecular weight excluding hydrogens is 300 g/mol. The quantitative estimate of drug-likeness (QED) is 0.794. The molecule has 0 amide bonds. The number of aliphatic hydroxyl groups is 1. The lowest BCUT2D eigenvalue weighted by atomic mass is 9.41. The van der Waals surface area contributed by atoms with Crippen LogP contribution in [0.4, 0.5) is 0 Å². The number of carboxylic acid groups (broad SMARTS) is 1. The third kappa shape index (κ3) is 1.97. The summed E-state index contributed by atoms with van der Waals surface area (Å²) in [6.45, 7) is 7.12. The maximum Gasteiger partial charge on any atom is 0.331 e. The first-order valence-corrected chi connectivity index (χ1v) is 9.79. The van der Waals surface area contributed by atoms with Crippen LogP contribution in [0, 0.1) is 39.9 Å². The molecule has 24 heavy (non-hydrogen) atoms. The maximum atomic E-state index is 11.7. The van der Waals surface area contributed by atoms with Crippen LogP contribution in [0.15, 0.2) is 11.6 Å². The monoisotopic (exact) mass is 332 g/mol. The zero-order valence-electron chi connectivity index (χ0n) is 15.3. The summed E-state index contributed by atoms with van der Waals surface area (Å²) in [4.78, 5) is 11.7. The molecule has 3 saturated carbocycles. The molecule has 134 valence electrons. The van der Waals surface area contributed by atoms with Crippen LogP contribution < -0.4 is 0 Å². The Morgan fingerprint density at radius 2 is 1.92 bits per heavy atom. The molecule has 0 saturated heterocycles. The van der Waals surface area contributed by atoms with E-state index in [2.05, 4.69) is 20.8 Å². The number of carbonyl (C=O) groups is 1. The van der Waals surface area contributed by atoms with Gasteiger partial charge in [0.2, 0.25) is 0 Å². The highest BCUT2D eigenvalue weighted by atomic mass is 16.4. The third-order valence-corrected chi connectivity index (χ3v) is 8.87. The second-order valence-corrected chi connectivity index (χ2v) is 10.0. The molecule has 0 aromatic heterocycles. The summed E-state index contributed by atoms with van der Waals surface area (Å²) in [5, 5.41) is 19.5. The van der Waals surface area contributed by atoms with Gasteiger partial charge in [-0.25, -0.2) is 4.79 Å². The van der Waals surface area contributed by atoms with E-state index in [1.807, 2.05) is 6.08 Å². The number of aliphatic carboxylic acids is 1. The summed E-state index contributed by atoms with van der Waals surface area (Å²) in [6.07, 6.45) is 10.4. The van der Waals surface area contributed by atoms with Gasteiger partial charge in [-0.2, -0.15) is 0 Å². The van der Waals surface area contributed by atoms with Crippen LogP contribution in [-0.4, -0.2) is 22.8 Å². The number of aliphatic hydroxyl groups excluding tert-OH is 1. The van der Waals surface area contributed by atoms with Crippen molar-refractivity contribution in [1.82, 2.24) is 0 Å². The molecule has 2 N–H and O–H groups in total. The molecule has 0 aliphatic heterocycles. The largest absolute Gasteiger partial charge is 0.478 e. The van der Waals surface area contributed by atoms with Crippen LogP contribution in [0.25, 0.3) is 0 Å². The minimum Gasteiger partial charge on any atom is -0.478 e. The first kappa shape index (κ1) is 16.6. The molecule has 2 bridgehead atoms. The van der Waals surface area contributed by atoms with Crippen molar-refractivity contribution in [3.8, 4) is 0 Å². The molecule has 3 heteroatoms. The molecule has 0 aromatic rings. The van der Waals surface area contributed by atoms with Gasteiger partial charge < -0.3 is 10.2 Å². The Labute approximate surface area is 145 Å². The summed E-state index contributed by atoms with van der Waals surface area (Å²) in [6, 6.07) is 0. The van der Waals surface area contributed by atoms with E-state index in [-0.39, 0.29) is 10.8 Å². The van der Waals surface area contributed by atoms with E-state index in [0.717, 1.165) is 18.8 Å². The first-order valence-electron chi connectivity index (χ1n) is 9.79. The predicted octanol–water partition coefficient (Wildman–Crippen LogP) is 4.26. The number of carboxylic acids is 1. The van der Waals surface area contributed by atoms with E-state index >= 15 is 0 Å². The molecule has 4 rings (SSSR count). The van der Waals surface area contributed by atoms with Crippen LogP contribution in [0.1, 0.15) is 65.7 Å². The second-order valence-electron chi connectivity index (χ2n) is 10.0. The molecule has 3 nitrogen and oxygen atoms in total. The van der Waals surface area contributed by atoms with Gasteiger partial charge in [0, 0.05) is 12.2 Å². The molecule has 0 radical (unpaired) electrons. The smallest absolute Gasteiger partial charge is 0.331 e. The highest BCUT2D eigenvalue weighted by molar-refractivity contribution is 5.88. The lowest BCUT2D eigenvalue weighted by molar-refractivity contribution is -0.141. The van der Waals surface area contributed by atoms with Crippen LogP contribution in [0.3, 0.4) is 0 Å². The summed E-state index contributed by atoms with van der Waals surface area (Å²) in [5.41, 5.74) is 1.03. The Morgan fingerprint density at radius 1 is 1.17 bits per heavy atom. The predicted molar refractivity (Wildman–Crippen MR) is 93.4 cm³/mol. The molecule has 0 unspecified atom stereocenters. The van der Waals surface area contributed by atoms with Crippen molar-refractivity contribution in [3.05, 3.63) is 11.6 Å². The maximum absolute atomic E-state index is 11.7. The van der Waals surface area contributed by atoms with Gasteiger partial charge >= 0.3 is 5.97 Å². The summed E-state index contributed by atoms with van der Waals surface area (Å²) in [5.74, 6) is 1.67. The molecular formula is C21H32O3. The topological polar surface area (TPSA) is 57.5 Å². The average molecular weight is 332 g/mol. The average Bonchev–Trinajstić information content (AvgIpc) is 2.76. The fourth-order valence-corrected chi connectivity index (χ4v) is 8.00. The number of fused-ring (bicyclic) bond motifs is 3. The standard InChI is InChI=1S/C21H32O3/c1-19(2)15(18(23)24)6-8-20(3)16(19)7-9-21-10-13(4-5-17(20)21)14(11-21)12-22/h6,13-14,16-17,22H,4-5,7-12H2,1-3H3,(H,23,24)/t13-,14+,16+,17-,20+,21-/m1/s1. The second kappa shape index (κ2) is 5.09. The van der Waals surface area contributed by atoms with Crippen molar-refractivity contribution >= 4 is 5.97 Å². The number of rotatable bonds is 2. The Morgan fingerprint density at radius 3 is 2.58 bits per heavy atom. The van der Waals surface area contributed by atoms with Crippen LogP contribution in [-0.2, 0) is 4.79 Å². The molecule has 6 atom stereocenters. The lowest BCUT2D eigenvalue weighted by Crippen LogP contribution is -2.56. The van der Waals surface area contributed by atoms with Crippen molar-refractivity contribution in [2.75, 3.05) is 6.61 Å². The number of allylic oxidation sites excluding steroid dienone is 1. The fourth-order valence-electron chi connectivity index (χ4n) is 8.00. The SMILES string of the molecule is CC1(C)C(C(=O)O)=CC[C@@]2(C)[C@H]1CC[C@@]13C[C@@H](CO)[C@H](CC[C@@H]12)C3. The van der Waals surface area contributed by atoms with Gasteiger partial charge in [0.05, 0.1) is 0 Å². The summed E-state index contributed by atoms with van der Waals surface area (Å²) >= 11 is 0. The van der Waals surface area contributed by atoms with Gasteiger partial charge in [0.15, 0.2) is 0 Å². The molecule has 0 heterocycles. The van der Waals surface area contributed by atoms with Gasteiger partial charge in [-0.05, 0) is 84.9 Å². The lowest BCUT2D eigenvalue weighted by Gasteiger charge is -2.63. The summed E-state index contributed by atoms with van der Waals surface area (Å²) in [7, 11) is 0. The van der Waals surface area contributed by atoms with Crippen LogP contribution in [0.5, 0.6) is 0 Å². The molecule has 3 fully saturated rings. The zero-order valence-corrected chi connectivity index (χ0v) is 15.3. The Balaban J connectivity index is 1.73. The molecule has 4 aliphatic rings. The Kier molecular flexibility index (Phi) is 3.53. The van der Waals surface area contributed by atoms with Crippen molar-refractivity contribution in [1.29, 1.82) is 0 Å². The van der Waals surface area contributed by atoms with Gasteiger partial charge in [-0.1, -0.05) is 26.8 Å². The minimum absolute atomic E-state index is 0.218. The van der Waals surface area contributed by atoms with Crippen molar-refractivity contribution < 1.29 is 15.0 Å². The Bertz CT molecular complexity index is 592. The van der Waals surface area contributed by atoms with Crippen molar-refractivity contribution in [2.45, 2.75) is 65.7 Å². The van der Waals surface area contributed by atoms with Gasteiger partial charge in [0.25, 0.3) is 0 Å². The van der Waals surface area contributed by atoms with Gasteiger partial charge in [0.1, 0.15) is 0 Å². The third-order valence-electron chi connectivity index (χ3n) is 8.87. The number of hydrogen-bond acceptors (Lipinski definition) is 2. The van der Waals surface area contributed by atoms with E-state index in [0.29, 0.717) is 35.3 Å². The number of hydrogen-bond donors (Lipinski definition) is 2. The van der Waals surface area contributed by atoms with Gasteiger partial charge in [-0.3, -0.25) is 0 Å². The Hall–Kier alpha value is -0.830. The minimum atomic E-state index is -0.729. The zero-order chi connectivity index (χ0) is 17.3. The molecule has 1 spiro atoms. The highest BCUT2D eigenvalue weighted by Crippen LogP contribution is 2.72. The molecule has 4 aliphatic carbocycles. The normalized spacial score (nSPS) is 49.1.